The summed E-state index contributed by atoms with van der Waals surface area (Å²) in [5.41, 5.74) is 5.53. The summed E-state index contributed by atoms with van der Waals surface area (Å²) < 4.78 is 1.50. The first-order valence-electron chi connectivity index (χ1n) is 6.67. The second kappa shape index (κ2) is 5.51. The van der Waals surface area contributed by atoms with Crippen molar-refractivity contribution < 1.29 is 0 Å². The number of halogens is 1. The van der Waals surface area contributed by atoms with Crippen molar-refractivity contribution in [2.45, 2.75) is 45.2 Å². The molecule has 0 radical (unpaired) electrons. The SMILES string of the molecule is CC(C)(CN)Nc1c(Cl)cnn(CC2CCC2)c1=O. The molecule has 1 aliphatic rings. The summed E-state index contributed by atoms with van der Waals surface area (Å²) in [7, 11) is 0. The van der Waals surface area contributed by atoms with Crippen LogP contribution >= 0.6 is 11.6 Å². The highest BCUT2D eigenvalue weighted by molar-refractivity contribution is 6.33. The monoisotopic (exact) mass is 284 g/mol. The number of rotatable bonds is 5. The average Bonchev–Trinajstić information content (AvgIpc) is 2.31. The Labute approximate surface area is 118 Å². The number of aromatic nitrogens is 2. The maximum atomic E-state index is 12.4. The maximum absolute atomic E-state index is 12.4. The predicted octanol–water partition coefficient (Wildman–Crippen LogP) is 1.85. The molecule has 106 valence electrons. The molecule has 2 rings (SSSR count). The van der Waals surface area contributed by atoms with Gasteiger partial charge in [0.2, 0.25) is 0 Å². The third-order valence-corrected chi connectivity index (χ3v) is 3.91. The van der Waals surface area contributed by atoms with E-state index < -0.39 is 0 Å². The van der Waals surface area contributed by atoms with Gasteiger partial charge in [0.15, 0.2) is 0 Å². The summed E-state index contributed by atoms with van der Waals surface area (Å²) >= 11 is 6.07. The van der Waals surface area contributed by atoms with Crippen LogP contribution in [-0.2, 0) is 6.54 Å². The minimum atomic E-state index is -0.377. The summed E-state index contributed by atoms with van der Waals surface area (Å²) in [5.74, 6) is 0.571. The van der Waals surface area contributed by atoms with Gasteiger partial charge in [-0.3, -0.25) is 4.79 Å². The van der Waals surface area contributed by atoms with Gasteiger partial charge >= 0.3 is 0 Å². The first-order valence-corrected chi connectivity index (χ1v) is 7.04. The van der Waals surface area contributed by atoms with Gasteiger partial charge in [-0.1, -0.05) is 18.0 Å². The quantitative estimate of drug-likeness (QED) is 0.865. The lowest BCUT2D eigenvalue weighted by Crippen LogP contribution is -2.42. The van der Waals surface area contributed by atoms with Crippen molar-refractivity contribution >= 4 is 17.3 Å². The van der Waals surface area contributed by atoms with E-state index in [-0.39, 0.29) is 11.1 Å². The standard InChI is InChI=1S/C13H21ClN4O/c1-13(2,8-15)17-11-10(14)6-16-18(12(11)19)7-9-4-3-5-9/h6,9,17H,3-5,7-8,15H2,1-2H3. The van der Waals surface area contributed by atoms with Gasteiger partial charge in [0.25, 0.3) is 5.56 Å². The van der Waals surface area contributed by atoms with Gasteiger partial charge in [-0.05, 0) is 32.6 Å². The molecule has 1 aliphatic carbocycles. The predicted molar refractivity (Wildman–Crippen MR) is 77.6 cm³/mol. The number of nitrogens with two attached hydrogens (primary N) is 1. The van der Waals surface area contributed by atoms with Gasteiger partial charge in [0.1, 0.15) is 5.69 Å². The van der Waals surface area contributed by atoms with Gasteiger partial charge < -0.3 is 11.1 Å². The Balaban J connectivity index is 2.26. The van der Waals surface area contributed by atoms with Crippen molar-refractivity contribution in [1.29, 1.82) is 0 Å². The summed E-state index contributed by atoms with van der Waals surface area (Å²) in [6.45, 7) is 4.94. The minimum Gasteiger partial charge on any atom is -0.373 e. The Morgan fingerprint density at radius 1 is 1.58 bits per heavy atom. The van der Waals surface area contributed by atoms with Crippen LogP contribution in [0.2, 0.25) is 5.02 Å². The second-order valence-electron chi connectivity index (χ2n) is 5.86. The van der Waals surface area contributed by atoms with Crippen molar-refractivity contribution in [3.05, 3.63) is 21.6 Å². The van der Waals surface area contributed by atoms with E-state index in [0.29, 0.717) is 29.7 Å². The number of anilines is 1. The summed E-state index contributed by atoms with van der Waals surface area (Å²) in [5, 5.41) is 7.58. The highest BCUT2D eigenvalue weighted by Gasteiger charge is 2.22. The van der Waals surface area contributed by atoms with Crippen LogP contribution in [0.3, 0.4) is 0 Å². The Morgan fingerprint density at radius 3 is 2.79 bits per heavy atom. The van der Waals surface area contributed by atoms with E-state index >= 15 is 0 Å². The zero-order valence-electron chi connectivity index (χ0n) is 11.4. The summed E-state index contributed by atoms with van der Waals surface area (Å²) in [6.07, 6.45) is 5.12. The topological polar surface area (TPSA) is 72.9 Å². The Morgan fingerprint density at radius 2 is 2.26 bits per heavy atom. The molecule has 5 nitrogen and oxygen atoms in total. The van der Waals surface area contributed by atoms with Gasteiger partial charge in [-0.15, -0.1) is 0 Å². The van der Waals surface area contributed by atoms with E-state index in [2.05, 4.69) is 10.4 Å². The lowest BCUT2D eigenvalue weighted by Gasteiger charge is -2.27. The second-order valence-corrected chi connectivity index (χ2v) is 6.27. The molecule has 0 amide bonds. The van der Waals surface area contributed by atoms with Crippen molar-refractivity contribution in [3.63, 3.8) is 0 Å². The zero-order chi connectivity index (χ0) is 14.0. The van der Waals surface area contributed by atoms with Crippen molar-refractivity contribution in [3.8, 4) is 0 Å². The first kappa shape index (κ1) is 14.3. The van der Waals surface area contributed by atoms with Crippen molar-refractivity contribution in [2.24, 2.45) is 11.7 Å². The van der Waals surface area contributed by atoms with E-state index in [1.807, 2.05) is 13.8 Å². The molecule has 0 aliphatic heterocycles. The van der Waals surface area contributed by atoms with Crippen molar-refractivity contribution in [1.82, 2.24) is 9.78 Å². The fourth-order valence-electron chi connectivity index (χ4n) is 2.02. The van der Waals surface area contributed by atoms with Crippen LogP contribution in [0.5, 0.6) is 0 Å². The molecule has 1 fully saturated rings. The van der Waals surface area contributed by atoms with Crippen LogP contribution in [0.25, 0.3) is 0 Å². The third kappa shape index (κ3) is 3.28. The number of hydrogen-bond acceptors (Lipinski definition) is 4. The molecule has 0 bridgehead atoms. The van der Waals surface area contributed by atoms with Gasteiger partial charge in [-0.25, -0.2) is 4.68 Å². The average molecular weight is 285 g/mol. The van der Waals surface area contributed by atoms with E-state index in [1.54, 1.807) is 0 Å². The Hall–Kier alpha value is -1.07. The minimum absolute atomic E-state index is 0.166. The highest BCUT2D eigenvalue weighted by atomic mass is 35.5. The lowest BCUT2D eigenvalue weighted by molar-refractivity contribution is 0.262. The first-order chi connectivity index (χ1) is 8.93. The van der Waals surface area contributed by atoms with Gasteiger partial charge in [0, 0.05) is 18.6 Å². The lowest BCUT2D eigenvalue weighted by atomic mass is 9.85. The molecular weight excluding hydrogens is 264 g/mol. The molecule has 0 atom stereocenters. The van der Waals surface area contributed by atoms with Crippen LogP contribution in [0, 0.1) is 5.92 Å². The zero-order valence-corrected chi connectivity index (χ0v) is 12.2. The molecule has 0 spiro atoms. The van der Waals surface area contributed by atoms with Gasteiger partial charge in [-0.2, -0.15) is 5.10 Å². The van der Waals surface area contributed by atoms with E-state index in [4.69, 9.17) is 17.3 Å². The van der Waals surface area contributed by atoms with Crippen LogP contribution in [0.1, 0.15) is 33.1 Å². The molecule has 1 aromatic heterocycles. The fourth-order valence-corrected chi connectivity index (χ4v) is 2.19. The molecule has 3 N–H and O–H groups in total. The van der Waals surface area contributed by atoms with Crippen molar-refractivity contribution in [2.75, 3.05) is 11.9 Å². The van der Waals surface area contributed by atoms with E-state index in [1.165, 1.54) is 30.1 Å². The Bertz CT molecular complexity index is 508. The molecule has 0 unspecified atom stereocenters. The van der Waals surface area contributed by atoms with Gasteiger partial charge in [0.05, 0.1) is 11.2 Å². The maximum Gasteiger partial charge on any atom is 0.291 e. The number of nitrogens with zero attached hydrogens (tertiary/aromatic N) is 2. The van der Waals surface area contributed by atoms with Crippen LogP contribution in [-0.4, -0.2) is 21.9 Å². The molecule has 0 aromatic carbocycles. The highest BCUT2D eigenvalue weighted by Crippen LogP contribution is 2.27. The summed E-state index contributed by atoms with van der Waals surface area (Å²) in [6, 6.07) is 0. The van der Waals surface area contributed by atoms with Crippen LogP contribution in [0.15, 0.2) is 11.0 Å². The normalized spacial score (nSPS) is 16.2. The molecule has 1 aromatic rings. The number of hydrogen-bond donors (Lipinski definition) is 2. The molecule has 19 heavy (non-hydrogen) atoms. The molecule has 0 saturated heterocycles. The molecule has 1 heterocycles. The number of nitrogens with one attached hydrogen (secondary N) is 1. The van der Waals surface area contributed by atoms with Crippen LogP contribution < -0.4 is 16.6 Å². The third-order valence-electron chi connectivity index (χ3n) is 3.63. The smallest absolute Gasteiger partial charge is 0.291 e. The Kier molecular flexibility index (Phi) is 4.16. The molecular formula is C13H21ClN4O. The van der Waals surface area contributed by atoms with Crippen LogP contribution in [0.4, 0.5) is 5.69 Å². The molecule has 6 heteroatoms. The summed E-state index contributed by atoms with van der Waals surface area (Å²) in [4.78, 5) is 12.4. The largest absolute Gasteiger partial charge is 0.373 e. The fraction of sp³-hybridized carbons (Fsp3) is 0.692. The van der Waals surface area contributed by atoms with E-state index in [9.17, 15) is 4.79 Å². The molecule has 1 saturated carbocycles. The van der Waals surface area contributed by atoms with E-state index in [0.717, 1.165) is 0 Å².